The van der Waals surface area contributed by atoms with Crippen molar-refractivity contribution in [2.24, 2.45) is 0 Å². The van der Waals surface area contributed by atoms with E-state index in [2.05, 4.69) is 52.5 Å². The molecule has 1 amide bonds. The SMILES string of the molecule is Cc1cccc(-c2cccc3nc(SC(C)C(=O)Nc4ccc(C)cc4Cl)[nH]c23)c1. The van der Waals surface area contributed by atoms with Crippen molar-refractivity contribution in [3.8, 4) is 11.1 Å². The highest BCUT2D eigenvalue weighted by molar-refractivity contribution is 8.00. The van der Waals surface area contributed by atoms with E-state index in [1.165, 1.54) is 17.3 Å². The number of nitrogens with zero attached hydrogens (tertiary/aromatic N) is 1. The van der Waals surface area contributed by atoms with E-state index >= 15 is 0 Å². The molecule has 2 N–H and O–H groups in total. The van der Waals surface area contributed by atoms with Gasteiger partial charge in [-0.05, 0) is 50.1 Å². The third-order valence-electron chi connectivity index (χ3n) is 4.87. The van der Waals surface area contributed by atoms with E-state index in [9.17, 15) is 4.79 Å². The molecule has 1 atom stereocenters. The summed E-state index contributed by atoms with van der Waals surface area (Å²) in [5.74, 6) is -0.120. The van der Waals surface area contributed by atoms with Gasteiger partial charge in [0, 0.05) is 5.56 Å². The summed E-state index contributed by atoms with van der Waals surface area (Å²) < 4.78 is 0. The molecule has 152 valence electrons. The molecule has 0 aliphatic heterocycles. The number of carbonyl (C=O) groups is 1. The number of amides is 1. The van der Waals surface area contributed by atoms with Crippen molar-refractivity contribution in [3.63, 3.8) is 0 Å². The van der Waals surface area contributed by atoms with Crippen LogP contribution in [0.1, 0.15) is 18.1 Å². The Kier molecular flexibility index (Phi) is 5.84. The maximum Gasteiger partial charge on any atom is 0.237 e. The molecule has 30 heavy (non-hydrogen) atoms. The van der Waals surface area contributed by atoms with Crippen LogP contribution in [0, 0.1) is 13.8 Å². The molecule has 0 bridgehead atoms. The first-order valence-corrected chi connectivity index (χ1v) is 11.0. The Hall–Kier alpha value is -2.76. The lowest BCUT2D eigenvalue weighted by Crippen LogP contribution is -2.22. The number of anilines is 1. The second-order valence-corrected chi connectivity index (χ2v) is 9.08. The number of nitrogens with one attached hydrogen (secondary N) is 2. The molecule has 0 saturated carbocycles. The van der Waals surface area contributed by atoms with E-state index in [4.69, 9.17) is 11.6 Å². The third kappa shape index (κ3) is 4.37. The fourth-order valence-electron chi connectivity index (χ4n) is 3.29. The van der Waals surface area contributed by atoms with Gasteiger partial charge < -0.3 is 10.3 Å². The van der Waals surface area contributed by atoms with E-state index < -0.39 is 0 Å². The number of rotatable bonds is 5. The molecule has 0 radical (unpaired) electrons. The molecule has 4 nitrogen and oxygen atoms in total. The average Bonchev–Trinajstić information content (AvgIpc) is 3.12. The largest absolute Gasteiger partial charge is 0.332 e. The van der Waals surface area contributed by atoms with E-state index in [0.717, 1.165) is 27.7 Å². The van der Waals surface area contributed by atoms with Gasteiger partial charge in [-0.1, -0.05) is 71.4 Å². The normalized spacial score (nSPS) is 12.1. The minimum Gasteiger partial charge on any atom is -0.332 e. The molecule has 0 saturated heterocycles. The highest BCUT2D eigenvalue weighted by Crippen LogP contribution is 2.31. The lowest BCUT2D eigenvalue weighted by atomic mass is 10.0. The molecular weight excluding hydrogens is 414 g/mol. The summed E-state index contributed by atoms with van der Waals surface area (Å²) in [6, 6.07) is 20.0. The number of aromatic nitrogens is 2. The van der Waals surface area contributed by atoms with Crippen molar-refractivity contribution in [2.45, 2.75) is 31.2 Å². The summed E-state index contributed by atoms with van der Waals surface area (Å²) in [4.78, 5) is 20.7. The van der Waals surface area contributed by atoms with Gasteiger partial charge in [-0.25, -0.2) is 4.98 Å². The zero-order valence-electron chi connectivity index (χ0n) is 17.0. The molecule has 1 unspecified atom stereocenters. The molecular formula is C24H22ClN3OS. The number of fused-ring (bicyclic) bond motifs is 1. The van der Waals surface area contributed by atoms with Gasteiger partial charge in [0.1, 0.15) is 0 Å². The average molecular weight is 436 g/mol. The fourth-order valence-corrected chi connectivity index (χ4v) is 4.39. The van der Waals surface area contributed by atoms with Crippen molar-refractivity contribution >= 4 is 46.0 Å². The second-order valence-electron chi connectivity index (χ2n) is 7.34. The lowest BCUT2D eigenvalue weighted by molar-refractivity contribution is -0.115. The fraction of sp³-hybridized carbons (Fsp3) is 0.167. The molecule has 4 rings (SSSR count). The molecule has 0 spiro atoms. The predicted molar refractivity (Wildman–Crippen MR) is 126 cm³/mol. The maximum atomic E-state index is 12.7. The van der Waals surface area contributed by atoms with Crippen LogP contribution in [0.15, 0.2) is 65.8 Å². The number of benzene rings is 3. The standard InChI is InChI=1S/C24H22ClN3OS/c1-14-6-4-7-17(12-14)18-8-5-9-21-22(18)28-24(27-21)30-16(3)23(29)26-20-11-10-15(2)13-19(20)25/h4-13,16H,1-3H3,(H,26,29)(H,27,28). The van der Waals surface area contributed by atoms with Crippen LogP contribution >= 0.6 is 23.4 Å². The first kappa shape index (κ1) is 20.5. The van der Waals surface area contributed by atoms with Gasteiger partial charge in [0.15, 0.2) is 5.16 Å². The first-order chi connectivity index (χ1) is 14.4. The number of carbonyl (C=O) groups excluding carboxylic acids is 1. The van der Waals surface area contributed by atoms with Gasteiger partial charge in [-0.2, -0.15) is 0 Å². The second kappa shape index (κ2) is 8.54. The van der Waals surface area contributed by atoms with Gasteiger partial charge >= 0.3 is 0 Å². The number of halogens is 1. The Morgan fingerprint density at radius 2 is 1.83 bits per heavy atom. The molecule has 3 aromatic carbocycles. The smallest absolute Gasteiger partial charge is 0.237 e. The topological polar surface area (TPSA) is 57.8 Å². The van der Waals surface area contributed by atoms with Gasteiger partial charge in [0.05, 0.1) is 27.0 Å². The minimum atomic E-state index is -0.342. The van der Waals surface area contributed by atoms with Crippen LogP contribution in [-0.2, 0) is 4.79 Å². The summed E-state index contributed by atoms with van der Waals surface area (Å²) in [6.45, 7) is 5.90. The van der Waals surface area contributed by atoms with Crippen LogP contribution in [-0.4, -0.2) is 21.1 Å². The highest BCUT2D eigenvalue weighted by Gasteiger charge is 2.18. The van der Waals surface area contributed by atoms with Crippen LogP contribution in [0.3, 0.4) is 0 Å². The molecule has 0 aliphatic carbocycles. The van der Waals surface area contributed by atoms with Crippen molar-refractivity contribution in [1.82, 2.24) is 9.97 Å². The summed E-state index contributed by atoms with van der Waals surface area (Å²) in [5.41, 5.74) is 6.96. The lowest BCUT2D eigenvalue weighted by Gasteiger charge is -2.12. The molecule has 0 aliphatic rings. The molecule has 1 aromatic heterocycles. The highest BCUT2D eigenvalue weighted by atomic mass is 35.5. The molecule has 0 fully saturated rings. The van der Waals surface area contributed by atoms with Crippen molar-refractivity contribution in [1.29, 1.82) is 0 Å². The van der Waals surface area contributed by atoms with E-state index in [-0.39, 0.29) is 11.2 Å². The number of hydrogen-bond donors (Lipinski definition) is 2. The Morgan fingerprint density at radius 3 is 2.60 bits per heavy atom. The predicted octanol–water partition coefficient (Wildman–Crippen LogP) is 6.62. The van der Waals surface area contributed by atoms with Crippen LogP contribution in [0.25, 0.3) is 22.2 Å². The zero-order chi connectivity index (χ0) is 21.3. The Morgan fingerprint density at radius 1 is 1.07 bits per heavy atom. The Balaban J connectivity index is 1.55. The third-order valence-corrected chi connectivity index (χ3v) is 6.16. The summed E-state index contributed by atoms with van der Waals surface area (Å²) in [7, 11) is 0. The number of thioether (sulfide) groups is 1. The number of imidazole rings is 1. The minimum absolute atomic E-state index is 0.120. The molecule has 4 aromatic rings. The number of aryl methyl sites for hydroxylation is 2. The van der Waals surface area contributed by atoms with E-state index in [0.29, 0.717) is 15.9 Å². The van der Waals surface area contributed by atoms with Crippen molar-refractivity contribution < 1.29 is 4.79 Å². The number of H-pyrrole nitrogens is 1. The van der Waals surface area contributed by atoms with Crippen molar-refractivity contribution in [3.05, 3.63) is 76.8 Å². The number of aromatic amines is 1. The molecule has 6 heteroatoms. The monoisotopic (exact) mass is 435 g/mol. The van der Waals surface area contributed by atoms with Crippen LogP contribution in [0.2, 0.25) is 5.02 Å². The summed E-state index contributed by atoms with van der Waals surface area (Å²) >= 11 is 7.63. The quantitative estimate of drug-likeness (QED) is 0.346. The first-order valence-electron chi connectivity index (χ1n) is 9.70. The van der Waals surface area contributed by atoms with Crippen LogP contribution < -0.4 is 5.32 Å². The Labute approximate surface area is 185 Å². The summed E-state index contributed by atoms with van der Waals surface area (Å²) in [6.07, 6.45) is 0. The van der Waals surface area contributed by atoms with E-state index in [1.54, 1.807) is 0 Å². The van der Waals surface area contributed by atoms with Gasteiger partial charge in [-0.15, -0.1) is 0 Å². The van der Waals surface area contributed by atoms with Gasteiger partial charge in [0.2, 0.25) is 5.91 Å². The summed E-state index contributed by atoms with van der Waals surface area (Å²) in [5, 5.41) is 3.80. The number of hydrogen-bond acceptors (Lipinski definition) is 3. The van der Waals surface area contributed by atoms with Crippen LogP contribution in [0.4, 0.5) is 5.69 Å². The molecule has 1 heterocycles. The number of para-hydroxylation sites is 1. The maximum absolute atomic E-state index is 12.7. The Bertz CT molecular complexity index is 1230. The van der Waals surface area contributed by atoms with Gasteiger partial charge in [-0.3, -0.25) is 4.79 Å². The van der Waals surface area contributed by atoms with Crippen molar-refractivity contribution in [2.75, 3.05) is 5.32 Å². The van der Waals surface area contributed by atoms with E-state index in [1.807, 2.05) is 44.2 Å². The zero-order valence-corrected chi connectivity index (χ0v) is 18.6. The van der Waals surface area contributed by atoms with Crippen LogP contribution in [0.5, 0.6) is 0 Å². The van der Waals surface area contributed by atoms with Gasteiger partial charge in [0.25, 0.3) is 0 Å².